The Hall–Kier alpha value is -2.74. The van der Waals surface area contributed by atoms with Gasteiger partial charge in [-0.1, -0.05) is 58.0 Å². The first-order valence-corrected chi connectivity index (χ1v) is 9.78. The molecular formula is C25H24N2. The average molecular weight is 352 g/mol. The molecule has 0 unspecified atom stereocenters. The molecule has 0 radical (unpaired) electrons. The third-order valence-corrected chi connectivity index (χ3v) is 5.81. The fourth-order valence-electron chi connectivity index (χ4n) is 4.57. The number of pyridine rings is 2. The van der Waals surface area contributed by atoms with Gasteiger partial charge in [-0.15, -0.1) is 0 Å². The molecule has 0 saturated heterocycles. The summed E-state index contributed by atoms with van der Waals surface area (Å²) >= 11 is 0. The summed E-state index contributed by atoms with van der Waals surface area (Å²) in [5.41, 5.74) is 7.05. The fraction of sp³-hybridized carbons (Fsp3) is 0.280. The molecule has 1 aliphatic carbocycles. The summed E-state index contributed by atoms with van der Waals surface area (Å²) in [5.74, 6) is 0.636. The van der Waals surface area contributed by atoms with Gasteiger partial charge in [0.2, 0.25) is 0 Å². The Morgan fingerprint density at radius 3 is 2.59 bits per heavy atom. The smallest absolute Gasteiger partial charge is 0.0802 e. The monoisotopic (exact) mass is 352 g/mol. The number of rotatable bonds is 2. The first-order chi connectivity index (χ1) is 12.9. The molecule has 27 heavy (non-hydrogen) atoms. The van der Waals surface area contributed by atoms with Gasteiger partial charge in [0.25, 0.3) is 0 Å². The van der Waals surface area contributed by atoms with Crippen LogP contribution in [0.2, 0.25) is 0 Å². The standard InChI is InChI=1S/C25H24N2/c1-15(2)11-16-12-18-9-10-26-23-19-14-17-7-5-6-8-21(17)27-24(19)25(3,4)20(13-16)22(18)23/h5-10,12-15H,11H2,1-4H3. The number of para-hydroxylation sites is 1. The summed E-state index contributed by atoms with van der Waals surface area (Å²) in [5, 5.41) is 3.75. The lowest BCUT2D eigenvalue weighted by Gasteiger charge is -2.34. The third-order valence-electron chi connectivity index (χ3n) is 5.81. The van der Waals surface area contributed by atoms with Crippen LogP contribution < -0.4 is 0 Å². The van der Waals surface area contributed by atoms with Crippen molar-refractivity contribution < 1.29 is 0 Å². The van der Waals surface area contributed by atoms with E-state index in [1.54, 1.807) is 0 Å². The first kappa shape index (κ1) is 16.4. The molecule has 0 spiro atoms. The van der Waals surface area contributed by atoms with Crippen molar-refractivity contribution in [2.24, 2.45) is 5.92 Å². The zero-order chi connectivity index (χ0) is 18.8. The van der Waals surface area contributed by atoms with Crippen LogP contribution >= 0.6 is 0 Å². The fourth-order valence-corrected chi connectivity index (χ4v) is 4.57. The Labute approximate surface area is 160 Å². The first-order valence-electron chi connectivity index (χ1n) is 9.78. The molecule has 2 nitrogen and oxygen atoms in total. The van der Waals surface area contributed by atoms with Crippen LogP contribution in [-0.2, 0) is 11.8 Å². The number of nitrogens with zero attached hydrogens (tertiary/aromatic N) is 2. The molecule has 2 heteroatoms. The van der Waals surface area contributed by atoms with Gasteiger partial charge < -0.3 is 0 Å². The highest BCUT2D eigenvalue weighted by molar-refractivity contribution is 6.03. The van der Waals surface area contributed by atoms with E-state index in [1.165, 1.54) is 32.8 Å². The van der Waals surface area contributed by atoms with Gasteiger partial charge in [-0.2, -0.15) is 0 Å². The average Bonchev–Trinajstić information content (AvgIpc) is 2.64. The van der Waals surface area contributed by atoms with Crippen molar-refractivity contribution in [2.75, 3.05) is 0 Å². The second-order valence-corrected chi connectivity index (χ2v) is 8.70. The van der Waals surface area contributed by atoms with Crippen LogP contribution in [0.5, 0.6) is 0 Å². The molecule has 0 aliphatic heterocycles. The summed E-state index contributed by atoms with van der Waals surface area (Å²) in [6.07, 6.45) is 3.03. The molecule has 0 N–H and O–H groups in total. The van der Waals surface area contributed by atoms with E-state index in [4.69, 9.17) is 9.97 Å². The quantitative estimate of drug-likeness (QED) is 0.424. The zero-order valence-corrected chi connectivity index (χ0v) is 16.4. The van der Waals surface area contributed by atoms with Crippen LogP contribution in [0.4, 0.5) is 0 Å². The van der Waals surface area contributed by atoms with Crippen LogP contribution in [0.1, 0.15) is 44.5 Å². The van der Waals surface area contributed by atoms with Gasteiger partial charge in [-0.05, 0) is 47.1 Å². The second kappa shape index (κ2) is 5.63. The van der Waals surface area contributed by atoms with Gasteiger partial charge in [0.1, 0.15) is 0 Å². The molecule has 0 saturated carbocycles. The van der Waals surface area contributed by atoms with E-state index in [9.17, 15) is 0 Å². The Kier molecular flexibility index (Phi) is 3.42. The normalized spacial score (nSPS) is 14.7. The molecule has 0 fully saturated rings. The maximum Gasteiger partial charge on any atom is 0.0802 e. The van der Waals surface area contributed by atoms with Gasteiger partial charge in [0.15, 0.2) is 0 Å². The molecule has 2 heterocycles. The molecule has 5 rings (SSSR count). The van der Waals surface area contributed by atoms with Crippen molar-refractivity contribution in [1.82, 2.24) is 9.97 Å². The molecule has 0 amide bonds. The Morgan fingerprint density at radius 2 is 1.78 bits per heavy atom. The van der Waals surface area contributed by atoms with Crippen molar-refractivity contribution in [3.05, 3.63) is 71.5 Å². The summed E-state index contributed by atoms with van der Waals surface area (Å²) in [6.45, 7) is 9.17. The number of benzene rings is 2. The molecular weight excluding hydrogens is 328 g/mol. The molecule has 2 aromatic heterocycles. The molecule has 0 atom stereocenters. The molecule has 2 aromatic carbocycles. The van der Waals surface area contributed by atoms with E-state index in [2.05, 4.69) is 76.2 Å². The SMILES string of the molecule is CC(C)Cc1cc2c3c(nccc3c1)-c1cc3ccccc3nc1C2(C)C. The van der Waals surface area contributed by atoms with Crippen LogP contribution in [0.15, 0.2) is 54.7 Å². The zero-order valence-electron chi connectivity index (χ0n) is 16.4. The van der Waals surface area contributed by atoms with E-state index < -0.39 is 0 Å². The van der Waals surface area contributed by atoms with Crippen LogP contribution in [0.25, 0.3) is 32.9 Å². The molecule has 0 bridgehead atoms. The van der Waals surface area contributed by atoms with Crippen molar-refractivity contribution in [2.45, 2.75) is 39.5 Å². The number of fused-ring (bicyclic) bond motifs is 3. The van der Waals surface area contributed by atoms with Crippen molar-refractivity contribution in [3.63, 3.8) is 0 Å². The van der Waals surface area contributed by atoms with E-state index >= 15 is 0 Å². The van der Waals surface area contributed by atoms with Gasteiger partial charge in [-0.3, -0.25) is 9.97 Å². The summed E-state index contributed by atoms with van der Waals surface area (Å²) in [4.78, 5) is 9.91. The van der Waals surface area contributed by atoms with E-state index in [0.29, 0.717) is 5.92 Å². The molecule has 4 aromatic rings. The summed E-state index contributed by atoms with van der Waals surface area (Å²) < 4.78 is 0. The number of aromatic nitrogens is 2. The van der Waals surface area contributed by atoms with Crippen molar-refractivity contribution in [3.8, 4) is 11.3 Å². The maximum absolute atomic E-state index is 5.11. The largest absolute Gasteiger partial charge is 0.256 e. The Morgan fingerprint density at radius 1 is 0.963 bits per heavy atom. The number of hydrogen-bond acceptors (Lipinski definition) is 2. The predicted molar refractivity (Wildman–Crippen MR) is 113 cm³/mol. The highest BCUT2D eigenvalue weighted by atomic mass is 14.8. The lowest BCUT2D eigenvalue weighted by atomic mass is 9.71. The van der Waals surface area contributed by atoms with Crippen LogP contribution in [-0.4, -0.2) is 9.97 Å². The van der Waals surface area contributed by atoms with Crippen molar-refractivity contribution in [1.29, 1.82) is 0 Å². The summed E-state index contributed by atoms with van der Waals surface area (Å²) in [7, 11) is 0. The highest BCUT2D eigenvalue weighted by Crippen LogP contribution is 2.48. The second-order valence-electron chi connectivity index (χ2n) is 8.70. The summed E-state index contributed by atoms with van der Waals surface area (Å²) in [6, 6.07) is 17.5. The van der Waals surface area contributed by atoms with Gasteiger partial charge in [0.05, 0.1) is 16.9 Å². The highest BCUT2D eigenvalue weighted by Gasteiger charge is 2.36. The van der Waals surface area contributed by atoms with E-state index in [0.717, 1.165) is 23.3 Å². The lowest BCUT2D eigenvalue weighted by Crippen LogP contribution is -2.26. The van der Waals surface area contributed by atoms with Crippen molar-refractivity contribution >= 4 is 21.7 Å². The Balaban J connectivity index is 1.90. The number of hydrogen-bond donors (Lipinski definition) is 0. The van der Waals surface area contributed by atoms with Crippen LogP contribution in [0, 0.1) is 5.92 Å². The van der Waals surface area contributed by atoms with Gasteiger partial charge in [-0.25, -0.2) is 0 Å². The Bertz CT molecular complexity index is 1200. The lowest BCUT2D eigenvalue weighted by molar-refractivity contribution is 0.616. The van der Waals surface area contributed by atoms with E-state index in [1.807, 2.05) is 6.20 Å². The maximum atomic E-state index is 5.11. The van der Waals surface area contributed by atoms with Gasteiger partial charge >= 0.3 is 0 Å². The predicted octanol–water partition coefficient (Wildman–Crippen LogP) is 6.29. The molecule has 134 valence electrons. The third kappa shape index (κ3) is 2.39. The van der Waals surface area contributed by atoms with Crippen LogP contribution in [0.3, 0.4) is 0 Å². The van der Waals surface area contributed by atoms with Gasteiger partial charge in [0, 0.05) is 27.9 Å². The minimum Gasteiger partial charge on any atom is -0.256 e. The minimum atomic E-state index is -0.152. The van der Waals surface area contributed by atoms with E-state index in [-0.39, 0.29) is 5.41 Å². The minimum absolute atomic E-state index is 0.152. The molecule has 1 aliphatic rings. The topological polar surface area (TPSA) is 25.8 Å².